The summed E-state index contributed by atoms with van der Waals surface area (Å²) in [5, 5.41) is 3.71. The lowest BCUT2D eigenvalue weighted by Crippen LogP contribution is -2.21. The van der Waals surface area contributed by atoms with Crippen LogP contribution in [0.15, 0.2) is 36.4 Å². The normalized spacial score (nSPS) is 10.6. The molecule has 0 aromatic heterocycles. The first kappa shape index (κ1) is 21.1. The Balaban J connectivity index is 1.76. The lowest BCUT2D eigenvalue weighted by atomic mass is 10.1. The Morgan fingerprint density at radius 1 is 1.07 bits per heavy atom. The molecule has 27 heavy (non-hydrogen) atoms. The Bertz CT molecular complexity index is 732. The van der Waals surface area contributed by atoms with Crippen LogP contribution in [0.25, 0.3) is 0 Å². The fourth-order valence-corrected chi connectivity index (χ4v) is 3.09. The molecule has 0 unspecified atom stereocenters. The number of rotatable bonds is 9. The zero-order chi connectivity index (χ0) is 19.8. The second-order valence-electron chi connectivity index (χ2n) is 6.59. The smallest absolute Gasteiger partial charge is 0.224 e. The minimum absolute atomic E-state index is 0.00217. The Morgan fingerprint density at radius 2 is 1.67 bits per heavy atom. The Kier molecular flexibility index (Phi) is 7.99. The molecule has 0 aliphatic rings. The summed E-state index contributed by atoms with van der Waals surface area (Å²) >= 11 is 6.16. The van der Waals surface area contributed by atoms with Crippen LogP contribution in [0.3, 0.4) is 0 Å². The summed E-state index contributed by atoms with van der Waals surface area (Å²) in [5.74, 6) is 0.791. The molecule has 4 nitrogen and oxygen atoms in total. The highest BCUT2D eigenvalue weighted by Crippen LogP contribution is 2.26. The van der Waals surface area contributed by atoms with Gasteiger partial charge in [0, 0.05) is 35.9 Å². The SMILES string of the molecule is CCN(CC)c1ccc(NC(=O)CCCOc2cc(C)c(Cl)c(C)c2)cc1. The predicted octanol–water partition coefficient (Wildman–Crippen LogP) is 5.60. The Labute approximate surface area is 167 Å². The van der Waals surface area contributed by atoms with E-state index < -0.39 is 0 Å². The topological polar surface area (TPSA) is 41.6 Å². The Hall–Kier alpha value is -2.20. The molecule has 0 atom stereocenters. The van der Waals surface area contributed by atoms with E-state index in [1.807, 2.05) is 50.2 Å². The van der Waals surface area contributed by atoms with Gasteiger partial charge in [-0.05, 0) is 81.6 Å². The summed E-state index contributed by atoms with van der Waals surface area (Å²) in [4.78, 5) is 14.4. The second-order valence-corrected chi connectivity index (χ2v) is 6.97. The summed E-state index contributed by atoms with van der Waals surface area (Å²) in [7, 11) is 0. The van der Waals surface area contributed by atoms with E-state index in [-0.39, 0.29) is 5.91 Å². The van der Waals surface area contributed by atoms with Crippen molar-refractivity contribution in [3.8, 4) is 5.75 Å². The van der Waals surface area contributed by atoms with E-state index in [1.54, 1.807) is 0 Å². The van der Waals surface area contributed by atoms with Crippen molar-refractivity contribution in [3.63, 3.8) is 0 Å². The molecule has 2 aromatic rings. The fourth-order valence-electron chi connectivity index (χ4n) is 2.98. The average molecular weight is 389 g/mol. The molecular weight excluding hydrogens is 360 g/mol. The molecule has 0 radical (unpaired) electrons. The van der Waals surface area contributed by atoms with Crippen LogP contribution in [0.1, 0.15) is 37.8 Å². The first-order valence-electron chi connectivity index (χ1n) is 9.49. The van der Waals surface area contributed by atoms with Crippen molar-refractivity contribution in [2.45, 2.75) is 40.5 Å². The number of nitrogens with zero attached hydrogens (tertiary/aromatic N) is 1. The van der Waals surface area contributed by atoms with Gasteiger partial charge in [-0.25, -0.2) is 0 Å². The van der Waals surface area contributed by atoms with Gasteiger partial charge in [0.1, 0.15) is 5.75 Å². The lowest BCUT2D eigenvalue weighted by molar-refractivity contribution is -0.116. The number of aryl methyl sites for hydroxylation is 2. The number of halogens is 1. The zero-order valence-electron chi connectivity index (χ0n) is 16.6. The number of ether oxygens (including phenoxy) is 1. The van der Waals surface area contributed by atoms with Gasteiger partial charge in [-0.15, -0.1) is 0 Å². The quantitative estimate of drug-likeness (QED) is 0.568. The van der Waals surface area contributed by atoms with Gasteiger partial charge in [0.15, 0.2) is 0 Å². The van der Waals surface area contributed by atoms with E-state index >= 15 is 0 Å². The summed E-state index contributed by atoms with van der Waals surface area (Å²) in [6.07, 6.45) is 1.08. The molecule has 0 saturated carbocycles. The van der Waals surface area contributed by atoms with Crippen molar-refractivity contribution in [2.24, 2.45) is 0 Å². The molecule has 2 rings (SSSR count). The van der Waals surface area contributed by atoms with Crippen LogP contribution in [0, 0.1) is 13.8 Å². The number of hydrogen-bond acceptors (Lipinski definition) is 3. The first-order chi connectivity index (χ1) is 12.9. The van der Waals surface area contributed by atoms with E-state index in [2.05, 4.69) is 24.1 Å². The van der Waals surface area contributed by atoms with E-state index in [1.165, 1.54) is 5.69 Å². The van der Waals surface area contributed by atoms with Gasteiger partial charge in [0.05, 0.1) is 6.61 Å². The molecule has 1 N–H and O–H groups in total. The van der Waals surface area contributed by atoms with Crippen molar-refractivity contribution < 1.29 is 9.53 Å². The number of carbonyl (C=O) groups is 1. The predicted molar refractivity (Wildman–Crippen MR) is 114 cm³/mol. The third-order valence-electron chi connectivity index (χ3n) is 4.51. The highest BCUT2D eigenvalue weighted by molar-refractivity contribution is 6.32. The van der Waals surface area contributed by atoms with E-state index in [0.29, 0.717) is 19.4 Å². The monoisotopic (exact) mass is 388 g/mol. The third kappa shape index (κ3) is 6.17. The average Bonchev–Trinajstić information content (AvgIpc) is 2.65. The summed E-state index contributed by atoms with van der Waals surface area (Å²) in [6, 6.07) is 11.8. The number of carbonyl (C=O) groups excluding carboxylic acids is 1. The van der Waals surface area contributed by atoms with Crippen molar-refractivity contribution in [3.05, 3.63) is 52.5 Å². The largest absolute Gasteiger partial charge is 0.494 e. The van der Waals surface area contributed by atoms with E-state index in [4.69, 9.17) is 16.3 Å². The van der Waals surface area contributed by atoms with Gasteiger partial charge in [0.25, 0.3) is 0 Å². The molecule has 0 aliphatic carbocycles. The molecule has 0 aliphatic heterocycles. The summed E-state index contributed by atoms with van der Waals surface area (Å²) < 4.78 is 5.75. The van der Waals surface area contributed by atoms with Crippen LogP contribution in [0.5, 0.6) is 5.75 Å². The first-order valence-corrected chi connectivity index (χ1v) is 9.86. The van der Waals surface area contributed by atoms with Gasteiger partial charge in [-0.1, -0.05) is 11.6 Å². The fraction of sp³-hybridized carbons (Fsp3) is 0.409. The van der Waals surface area contributed by atoms with Gasteiger partial charge in [-0.3, -0.25) is 4.79 Å². The van der Waals surface area contributed by atoms with Crippen LogP contribution in [-0.2, 0) is 4.79 Å². The summed E-state index contributed by atoms with van der Waals surface area (Å²) in [6.45, 7) is 10.6. The van der Waals surface area contributed by atoms with Crippen molar-refractivity contribution in [2.75, 3.05) is 29.9 Å². The number of benzene rings is 2. The Morgan fingerprint density at radius 3 is 2.22 bits per heavy atom. The van der Waals surface area contributed by atoms with E-state index in [0.717, 1.165) is 40.7 Å². The van der Waals surface area contributed by atoms with Gasteiger partial charge >= 0.3 is 0 Å². The molecule has 0 saturated heterocycles. The third-order valence-corrected chi connectivity index (χ3v) is 5.10. The van der Waals surface area contributed by atoms with Gasteiger partial charge in [0.2, 0.25) is 5.91 Å². The van der Waals surface area contributed by atoms with Gasteiger partial charge < -0.3 is 15.0 Å². The molecule has 0 bridgehead atoms. The number of hydrogen-bond donors (Lipinski definition) is 1. The minimum Gasteiger partial charge on any atom is -0.494 e. The maximum Gasteiger partial charge on any atom is 0.224 e. The molecule has 0 spiro atoms. The highest BCUT2D eigenvalue weighted by Gasteiger charge is 2.06. The van der Waals surface area contributed by atoms with Crippen molar-refractivity contribution >= 4 is 28.9 Å². The maximum absolute atomic E-state index is 12.1. The zero-order valence-corrected chi connectivity index (χ0v) is 17.4. The van der Waals surface area contributed by atoms with Crippen molar-refractivity contribution in [1.29, 1.82) is 0 Å². The number of anilines is 2. The minimum atomic E-state index is -0.00217. The highest BCUT2D eigenvalue weighted by atomic mass is 35.5. The number of amides is 1. The molecule has 2 aromatic carbocycles. The van der Waals surface area contributed by atoms with Crippen LogP contribution >= 0.6 is 11.6 Å². The molecule has 146 valence electrons. The summed E-state index contributed by atoms with van der Waals surface area (Å²) in [5.41, 5.74) is 3.98. The van der Waals surface area contributed by atoms with Crippen LogP contribution in [0.2, 0.25) is 5.02 Å². The lowest BCUT2D eigenvalue weighted by Gasteiger charge is -2.21. The number of nitrogens with one attached hydrogen (secondary N) is 1. The van der Waals surface area contributed by atoms with E-state index in [9.17, 15) is 4.79 Å². The van der Waals surface area contributed by atoms with Crippen molar-refractivity contribution in [1.82, 2.24) is 0 Å². The second kappa shape index (κ2) is 10.2. The maximum atomic E-state index is 12.1. The van der Waals surface area contributed by atoms with Crippen LogP contribution in [-0.4, -0.2) is 25.6 Å². The standard InChI is InChI=1S/C22H29ClN2O2/c1-5-25(6-2)19-11-9-18(10-12-19)24-21(26)8-7-13-27-20-14-16(3)22(23)17(4)15-20/h9-12,14-15H,5-8,13H2,1-4H3,(H,24,26). The molecule has 0 heterocycles. The molecular formula is C22H29ClN2O2. The van der Waals surface area contributed by atoms with Gasteiger partial charge in [-0.2, -0.15) is 0 Å². The molecule has 0 fully saturated rings. The molecule has 1 amide bonds. The molecule has 5 heteroatoms. The van der Waals surface area contributed by atoms with Crippen LogP contribution in [0.4, 0.5) is 11.4 Å². The van der Waals surface area contributed by atoms with Crippen LogP contribution < -0.4 is 15.0 Å².